The van der Waals surface area contributed by atoms with Crippen LogP contribution in [0, 0.1) is 6.92 Å². The molecule has 0 unspecified atom stereocenters. The minimum atomic E-state index is -0.441. The number of amides is 2. The van der Waals surface area contributed by atoms with Gasteiger partial charge in [0.25, 0.3) is 11.8 Å². The van der Waals surface area contributed by atoms with Crippen LogP contribution < -0.4 is 19.7 Å². The number of thiophene rings is 1. The van der Waals surface area contributed by atoms with Gasteiger partial charge in [-0.05, 0) is 48.2 Å². The van der Waals surface area contributed by atoms with E-state index in [1.807, 2.05) is 24.4 Å². The van der Waals surface area contributed by atoms with Crippen LogP contribution in [0.1, 0.15) is 10.4 Å². The van der Waals surface area contributed by atoms with E-state index in [2.05, 4.69) is 5.32 Å². The highest BCUT2D eigenvalue weighted by atomic mass is 35.5. The number of aryl methyl sites for hydroxylation is 1. The Morgan fingerprint density at radius 2 is 1.81 bits per heavy atom. The van der Waals surface area contributed by atoms with Gasteiger partial charge >= 0.3 is 0 Å². The molecular formula is C23H17ClN2O4S. The van der Waals surface area contributed by atoms with Crippen LogP contribution in [0.4, 0.5) is 11.4 Å². The number of halogens is 1. The summed E-state index contributed by atoms with van der Waals surface area (Å²) in [7, 11) is 0. The maximum absolute atomic E-state index is 13.4. The van der Waals surface area contributed by atoms with Crippen LogP contribution in [-0.4, -0.2) is 25.0 Å². The molecular weight excluding hydrogens is 436 g/mol. The molecule has 0 saturated heterocycles. The zero-order chi connectivity index (χ0) is 21.5. The van der Waals surface area contributed by atoms with Gasteiger partial charge in [0.1, 0.15) is 18.9 Å². The monoisotopic (exact) mass is 452 g/mol. The average molecular weight is 453 g/mol. The Kier molecular flexibility index (Phi) is 4.92. The molecule has 0 radical (unpaired) electrons. The number of fused-ring (bicyclic) bond motifs is 1. The third-order valence-corrected chi connectivity index (χ3v) is 6.37. The molecule has 6 nitrogen and oxygen atoms in total. The van der Waals surface area contributed by atoms with Gasteiger partial charge in [0.05, 0.1) is 11.3 Å². The van der Waals surface area contributed by atoms with Crippen molar-refractivity contribution in [1.29, 1.82) is 0 Å². The number of carbonyl (C=O) groups excluding carboxylic acids is 2. The maximum Gasteiger partial charge on any atom is 0.282 e. The number of rotatable bonds is 4. The Balaban J connectivity index is 1.56. The summed E-state index contributed by atoms with van der Waals surface area (Å²) < 4.78 is 11.2. The largest absolute Gasteiger partial charge is 0.486 e. The minimum absolute atomic E-state index is 0.209. The van der Waals surface area contributed by atoms with E-state index >= 15 is 0 Å². The first-order valence-electron chi connectivity index (χ1n) is 9.62. The van der Waals surface area contributed by atoms with E-state index in [9.17, 15) is 9.59 Å². The molecule has 156 valence electrons. The Hall–Kier alpha value is -3.29. The van der Waals surface area contributed by atoms with Gasteiger partial charge in [0.15, 0.2) is 11.5 Å². The first-order chi connectivity index (χ1) is 15.0. The predicted molar refractivity (Wildman–Crippen MR) is 121 cm³/mol. The van der Waals surface area contributed by atoms with Gasteiger partial charge in [-0.25, -0.2) is 4.90 Å². The fourth-order valence-electron chi connectivity index (χ4n) is 3.52. The number of nitrogens with one attached hydrogen (secondary N) is 1. The molecule has 2 amide bonds. The summed E-state index contributed by atoms with van der Waals surface area (Å²) in [5.74, 6) is 0.401. The van der Waals surface area contributed by atoms with E-state index in [0.717, 1.165) is 10.5 Å². The molecule has 0 spiro atoms. The highest BCUT2D eigenvalue weighted by Crippen LogP contribution is 2.38. The molecule has 3 aromatic rings. The zero-order valence-corrected chi connectivity index (χ0v) is 18.0. The van der Waals surface area contributed by atoms with Crippen LogP contribution in [-0.2, 0) is 9.59 Å². The van der Waals surface area contributed by atoms with Crippen molar-refractivity contribution in [3.8, 4) is 11.5 Å². The van der Waals surface area contributed by atoms with Crippen molar-refractivity contribution in [2.45, 2.75) is 6.92 Å². The molecule has 31 heavy (non-hydrogen) atoms. The van der Waals surface area contributed by atoms with Crippen LogP contribution in [0.25, 0.3) is 5.57 Å². The average Bonchev–Trinajstić information content (AvgIpc) is 3.37. The molecule has 2 aromatic carbocycles. The summed E-state index contributed by atoms with van der Waals surface area (Å²) in [6, 6.07) is 14.1. The lowest BCUT2D eigenvalue weighted by Crippen LogP contribution is -2.32. The number of carbonyl (C=O) groups is 2. The lowest BCUT2D eigenvalue weighted by atomic mass is 10.1. The van der Waals surface area contributed by atoms with E-state index in [0.29, 0.717) is 51.6 Å². The maximum atomic E-state index is 13.4. The molecule has 0 atom stereocenters. The van der Waals surface area contributed by atoms with E-state index in [1.54, 1.807) is 36.4 Å². The summed E-state index contributed by atoms with van der Waals surface area (Å²) in [5.41, 5.74) is 2.45. The second kappa shape index (κ2) is 7.76. The van der Waals surface area contributed by atoms with Gasteiger partial charge < -0.3 is 14.8 Å². The summed E-state index contributed by atoms with van der Waals surface area (Å²) in [4.78, 5) is 28.6. The quantitative estimate of drug-likeness (QED) is 0.571. The highest BCUT2D eigenvalue weighted by molar-refractivity contribution is 7.11. The van der Waals surface area contributed by atoms with Gasteiger partial charge in [-0.3, -0.25) is 9.59 Å². The number of hydrogen-bond donors (Lipinski definition) is 1. The van der Waals surface area contributed by atoms with Gasteiger partial charge in [0, 0.05) is 21.7 Å². The Labute approximate surface area is 187 Å². The first kappa shape index (κ1) is 19.7. The third-order valence-electron chi connectivity index (χ3n) is 5.08. The second-order valence-electron chi connectivity index (χ2n) is 7.09. The van der Waals surface area contributed by atoms with Crippen LogP contribution in [0.3, 0.4) is 0 Å². The van der Waals surface area contributed by atoms with Crippen LogP contribution in [0.2, 0.25) is 5.02 Å². The molecule has 0 fully saturated rings. The summed E-state index contributed by atoms with van der Waals surface area (Å²) in [6.07, 6.45) is 0. The zero-order valence-electron chi connectivity index (χ0n) is 16.5. The highest BCUT2D eigenvalue weighted by Gasteiger charge is 2.41. The topological polar surface area (TPSA) is 67.9 Å². The molecule has 1 aromatic heterocycles. The van der Waals surface area contributed by atoms with Gasteiger partial charge in [-0.2, -0.15) is 0 Å². The van der Waals surface area contributed by atoms with Crippen molar-refractivity contribution in [2.75, 3.05) is 23.4 Å². The molecule has 2 aliphatic rings. The third kappa shape index (κ3) is 3.45. The lowest BCUT2D eigenvalue weighted by Gasteiger charge is -2.19. The van der Waals surface area contributed by atoms with Crippen LogP contribution in [0.15, 0.2) is 59.6 Å². The van der Waals surface area contributed by atoms with Crippen molar-refractivity contribution in [3.63, 3.8) is 0 Å². The molecule has 3 heterocycles. The molecule has 5 rings (SSSR count). The van der Waals surface area contributed by atoms with E-state index < -0.39 is 11.8 Å². The number of anilines is 2. The van der Waals surface area contributed by atoms with Crippen LogP contribution in [0.5, 0.6) is 11.5 Å². The molecule has 8 heteroatoms. The first-order valence-corrected chi connectivity index (χ1v) is 10.9. The van der Waals surface area contributed by atoms with Crippen LogP contribution >= 0.6 is 22.9 Å². The van der Waals surface area contributed by atoms with Crippen molar-refractivity contribution in [3.05, 3.63) is 75.1 Å². The summed E-state index contributed by atoms with van der Waals surface area (Å²) in [5, 5.41) is 5.50. The van der Waals surface area contributed by atoms with Crippen molar-refractivity contribution in [2.24, 2.45) is 0 Å². The fourth-order valence-corrected chi connectivity index (χ4v) is 4.46. The smallest absolute Gasteiger partial charge is 0.282 e. The Bertz CT molecular complexity index is 1240. The lowest BCUT2D eigenvalue weighted by molar-refractivity contribution is -0.120. The summed E-state index contributed by atoms with van der Waals surface area (Å²) in [6.45, 7) is 2.82. The molecule has 0 aliphatic carbocycles. The number of benzene rings is 2. The van der Waals surface area contributed by atoms with Crippen molar-refractivity contribution in [1.82, 2.24) is 0 Å². The van der Waals surface area contributed by atoms with E-state index in [-0.39, 0.29) is 5.70 Å². The predicted octanol–water partition coefficient (Wildman–Crippen LogP) is 4.88. The second-order valence-corrected chi connectivity index (χ2v) is 8.44. The van der Waals surface area contributed by atoms with Gasteiger partial charge in [-0.15, -0.1) is 11.3 Å². The van der Waals surface area contributed by atoms with E-state index in [1.165, 1.54) is 11.3 Å². The normalized spacial score (nSPS) is 15.6. The molecule has 0 bridgehead atoms. The van der Waals surface area contributed by atoms with Gasteiger partial charge in [-0.1, -0.05) is 23.7 Å². The SMILES string of the molecule is Cc1ccc(N2C(=O)C(Nc3ccc4c(c3)OCCO4)=C(c3cccs3)C2=O)cc1Cl. The van der Waals surface area contributed by atoms with Crippen molar-refractivity contribution < 1.29 is 19.1 Å². The molecule has 0 saturated carbocycles. The van der Waals surface area contributed by atoms with E-state index in [4.69, 9.17) is 21.1 Å². The standard InChI is InChI=1S/C23H17ClN2O4S/c1-13-4-6-15(12-16(13)24)26-22(27)20(19-3-2-10-31-19)21(23(26)28)25-14-5-7-17-18(11-14)30-9-8-29-17/h2-7,10-12,25H,8-9H2,1H3. The number of ether oxygens (including phenoxy) is 2. The minimum Gasteiger partial charge on any atom is -0.486 e. The number of hydrogen-bond acceptors (Lipinski definition) is 6. The van der Waals surface area contributed by atoms with Gasteiger partial charge in [0.2, 0.25) is 0 Å². The Morgan fingerprint density at radius 3 is 2.55 bits per heavy atom. The fraction of sp³-hybridized carbons (Fsp3) is 0.130. The molecule has 1 N–H and O–H groups in total. The summed E-state index contributed by atoms with van der Waals surface area (Å²) >= 11 is 7.65. The number of imide groups is 1. The Morgan fingerprint density at radius 1 is 1.00 bits per heavy atom. The van der Waals surface area contributed by atoms with Crippen molar-refractivity contribution >= 4 is 51.7 Å². The molecule has 2 aliphatic heterocycles. The number of nitrogens with zero attached hydrogens (tertiary/aromatic N) is 1.